The summed E-state index contributed by atoms with van der Waals surface area (Å²) in [5, 5.41) is 8.73. The Morgan fingerprint density at radius 2 is 2.40 bits per heavy atom. The van der Waals surface area contributed by atoms with E-state index < -0.39 is 5.97 Å². The van der Waals surface area contributed by atoms with Gasteiger partial charge in [0.05, 0.1) is 0 Å². The second kappa shape index (κ2) is 3.72. The number of aromatic nitrogens is 2. The molecule has 1 aromatic heterocycles. The fourth-order valence-corrected chi connectivity index (χ4v) is 1.46. The molecule has 0 amide bonds. The number of aromatic amines is 1. The minimum Gasteiger partial charge on any atom is -0.480 e. The summed E-state index contributed by atoms with van der Waals surface area (Å²) in [7, 11) is 0. The second-order valence-corrected chi connectivity index (χ2v) is 3.49. The van der Waals surface area contributed by atoms with E-state index in [2.05, 4.69) is 9.97 Å². The third-order valence-corrected chi connectivity index (χ3v) is 2.25. The van der Waals surface area contributed by atoms with Crippen molar-refractivity contribution < 1.29 is 9.90 Å². The van der Waals surface area contributed by atoms with Crippen molar-refractivity contribution in [3.05, 3.63) is 22.7 Å². The molecular weight excluding hydrogens is 198 g/mol. The van der Waals surface area contributed by atoms with Gasteiger partial charge in [-0.25, -0.2) is 4.98 Å². The number of carbonyl (C=O) groups is 1. The molecule has 80 valence electrons. The molecule has 0 bridgehead atoms. The first kappa shape index (κ1) is 9.70. The van der Waals surface area contributed by atoms with E-state index in [1.165, 1.54) is 12.4 Å². The molecular formula is C9H11N3O3. The first-order valence-electron chi connectivity index (χ1n) is 4.70. The van der Waals surface area contributed by atoms with Crippen LogP contribution in [0.2, 0.25) is 0 Å². The van der Waals surface area contributed by atoms with Crippen molar-refractivity contribution >= 4 is 11.8 Å². The fraction of sp³-hybridized carbons (Fsp3) is 0.444. The highest BCUT2D eigenvalue weighted by atomic mass is 16.4. The molecule has 1 aromatic rings. The van der Waals surface area contributed by atoms with Crippen molar-refractivity contribution in [1.29, 1.82) is 0 Å². The van der Waals surface area contributed by atoms with Crippen molar-refractivity contribution in [2.75, 3.05) is 11.4 Å². The maximum Gasteiger partial charge on any atom is 0.323 e. The van der Waals surface area contributed by atoms with Crippen molar-refractivity contribution in [2.45, 2.75) is 18.9 Å². The summed E-state index contributed by atoms with van der Waals surface area (Å²) >= 11 is 0. The van der Waals surface area contributed by atoms with Gasteiger partial charge in [-0.2, -0.15) is 0 Å². The lowest BCUT2D eigenvalue weighted by Gasteiger charge is -2.19. The highest BCUT2D eigenvalue weighted by Crippen LogP contribution is 2.28. The Hall–Kier alpha value is -1.85. The molecule has 0 saturated heterocycles. The molecule has 0 aromatic carbocycles. The third kappa shape index (κ3) is 2.15. The van der Waals surface area contributed by atoms with E-state index in [1.807, 2.05) is 0 Å². The van der Waals surface area contributed by atoms with Gasteiger partial charge in [-0.3, -0.25) is 9.59 Å². The van der Waals surface area contributed by atoms with Gasteiger partial charge in [0.1, 0.15) is 6.54 Å². The Bertz CT molecular complexity index is 425. The number of carboxylic acid groups (broad SMARTS) is 1. The molecule has 1 aliphatic carbocycles. The van der Waals surface area contributed by atoms with Crippen LogP contribution in [0.15, 0.2) is 17.2 Å². The Balaban J connectivity index is 2.28. The van der Waals surface area contributed by atoms with E-state index in [-0.39, 0.29) is 24.0 Å². The second-order valence-electron chi connectivity index (χ2n) is 3.49. The molecule has 6 nitrogen and oxygen atoms in total. The Kier molecular flexibility index (Phi) is 2.40. The zero-order valence-corrected chi connectivity index (χ0v) is 8.01. The minimum atomic E-state index is -0.952. The van der Waals surface area contributed by atoms with Crippen LogP contribution in [0.4, 0.5) is 5.82 Å². The predicted molar refractivity (Wildman–Crippen MR) is 52.9 cm³/mol. The number of nitrogens with zero attached hydrogens (tertiary/aromatic N) is 2. The van der Waals surface area contributed by atoms with Crippen LogP contribution >= 0.6 is 0 Å². The third-order valence-electron chi connectivity index (χ3n) is 2.25. The number of H-pyrrole nitrogens is 1. The summed E-state index contributed by atoms with van der Waals surface area (Å²) in [5.41, 5.74) is -0.342. The van der Waals surface area contributed by atoms with E-state index in [1.54, 1.807) is 4.90 Å². The summed E-state index contributed by atoms with van der Waals surface area (Å²) in [6.45, 7) is -0.176. The Morgan fingerprint density at radius 1 is 1.67 bits per heavy atom. The highest BCUT2D eigenvalue weighted by Gasteiger charge is 2.32. The minimum absolute atomic E-state index is 0.150. The summed E-state index contributed by atoms with van der Waals surface area (Å²) in [4.78, 5) is 30.0. The van der Waals surface area contributed by atoms with Crippen LogP contribution in [-0.2, 0) is 4.79 Å². The zero-order chi connectivity index (χ0) is 10.8. The monoisotopic (exact) mass is 209 g/mol. The topological polar surface area (TPSA) is 86.3 Å². The van der Waals surface area contributed by atoms with E-state index >= 15 is 0 Å². The normalized spacial score (nSPS) is 14.9. The average molecular weight is 209 g/mol. The van der Waals surface area contributed by atoms with Crippen LogP contribution < -0.4 is 10.5 Å². The molecule has 15 heavy (non-hydrogen) atoms. The van der Waals surface area contributed by atoms with Crippen LogP contribution in [-0.4, -0.2) is 33.6 Å². The van der Waals surface area contributed by atoms with Crippen molar-refractivity contribution in [3.8, 4) is 0 Å². The van der Waals surface area contributed by atoms with Gasteiger partial charge in [-0.05, 0) is 12.8 Å². The number of nitrogens with one attached hydrogen (secondary N) is 1. The van der Waals surface area contributed by atoms with Crippen molar-refractivity contribution in [1.82, 2.24) is 9.97 Å². The molecule has 1 aliphatic rings. The average Bonchev–Trinajstić information content (AvgIpc) is 2.98. The van der Waals surface area contributed by atoms with Crippen molar-refractivity contribution in [2.24, 2.45) is 0 Å². The molecule has 0 spiro atoms. The lowest BCUT2D eigenvalue weighted by Crippen LogP contribution is -2.36. The number of aliphatic carboxylic acids is 1. The first-order valence-corrected chi connectivity index (χ1v) is 4.70. The van der Waals surface area contributed by atoms with Crippen LogP contribution in [0.25, 0.3) is 0 Å². The SMILES string of the molecule is O=C(O)CN(c1ncc[nH]c1=O)C1CC1. The summed E-state index contributed by atoms with van der Waals surface area (Å²) in [6, 6.07) is 0.150. The Morgan fingerprint density at radius 3 is 2.93 bits per heavy atom. The quantitative estimate of drug-likeness (QED) is 0.718. The summed E-state index contributed by atoms with van der Waals surface area (Å²) in [5.74, 6) is -0.755. The lowest BCUT2D eigenvalue weighted by atomic mass is 10.4. The molecule has 1 saturated carbocycles. The van der Waals surface area contributed by atoms with E-state index in [9.17, 15) is 9.59 Å². The standard InChI is InChI=1S/C9H11N3O3/c13-7(14)5-12(6-1-2-6)8-9(15)11-4-3-10-8/h3-4,6H,1-2,5H2,(H,11,15)(H,13,14). The van der Waals surface area contributed by atoms with Gasteiger partial charge in [0, 0.05) is 18.4 Å². The van der Waals surface area contributed by atoms with Gasteiger partial charge < -0.3 is 15.0 Å². The maximum absolute atomic E-state index is 11.4. The van der Waals surface area contributed by atoms with Crippen LogP contribution in [0.3, 0.4) is 0 Å². The lowest BCUT2D eigenvalue weighted by molar-refractivity contribution is -0.135. The molecule has 0 radical (unpaired) electrons. The molecule has 2 rings (SSSR count). The maximum atomic E-state index is 11.4. The smallest absolute Gasteiger partial charge is 0.323 e. The molecule has 0 unspecified atom stereocenters. The van der Waals surface area contributed by atoms with Gasteiger partial charge in [0.15, 0.2) is 5.82 Å². The number of rotatable bonds is 4. The van der Waals surface area contributed by atoms with Crippen molar-refractivity contribution in [3.63, 3.8) is 0 Å². The van der Waals surface area contributed by atoms with Gasteiger partial charge >= 0.3 is 5.97 Å². The van der Waals surface area contributed by atoms with E-state index in [0.717, 1.165) is 12.8 Å². The summed E-state index contributed by atoms with van der Waals surface area (Å²) in [6.07, 6.45) is 4.72. The molecule has 1 heterocycles. The molecule has 6 heteroatoms. The summed E-state index contributed by atoms with van der Waals surface area (Å²) < 4.78 is 0. The van der Waals surface area contributed by atoms with Crippen LogP contribution in [0.5, 0.6) is 0 Å². The van der Waals surface area contributed by atoms with E-state index in [0.29, 0.717) is 0 Å². The highest BCUT2D eigenvalue weighted by molar-refractivity contribution is 5.73. The zero-order valence-electron chi connectivity index (χ0n) is 8.01. The van der Waals surface area contributed by atoms with Gasteiger partial charge in [0.2, 0.25) is 0 Å². The largest absolute Gasteiger partial charge is 0.480 e. The number of carboxylic acids is 1. The van der Waals surface area contributed by atoms with Gasteiger partial charge in [0.25, 0.3) is 5.56 Å². The van der Waals surface area contributed by atoms with Gasteiger partial charge in [-0.1, -0.05) is 0 Å². The number of hydrogen-bond acceptors (Lipinski definition) is 4. The van der Waals surface area contributed by atoms with Gasteiger partial charge in [-0.15, -0.1) is 0 Å². The first-order chi connectivity index (χ1) is 7.18. The Labute approximate surface area is 85.6 Å². The molecule has 0 atom stereocenters. The molecule has 2 N–H and O–H groups in total. The van der Waals surface area contributed by atoms with Crippen LogP contribution in [0.1, 0.15) is 12.8 Å². The molecule has 1 fully saturated rings. The number of hydrogen-bond donors (Lipinski definition) is 2. The van der Waals surface area contributed by atoms with Crippen LogP contribution in [0, 0.1) is 0 Å². The fourth-order valence-electron chi connectivity index (χ4n) is 1.46. The van der Waals surface area contributed by atoms with E-state index in [4.69, 9.17) is 5.11 Å². The molecule has 0 aliphatic heterocycles. The number of anilines is 1. The predicted octanol–water partition coefficient (Wildman–Crippen LogP) is -0.177.